The zero-order valence-electron chi connectivity index (χ0n) is 15.0. The molecule has 2 aromatic carbocycles. The molecule has 1 aliphatic rings. The predicted molar refractivity (Wildman–Crippen MR) is 114 cm³/mol. The normalized spacial score (nSPS) is 14.6. The number of benzene rings is 2. The van der Waals surface area contributed by atoms with Gasteiger partial charge in [0.05, 0.1) is 18.2 Å². The first-order valence-corrected chi connectivity index (χ1v) is 9.91. The molecule has 2 heterocycles. The molecule has 0 unspecified atom stereocenters. The Hall–Kier alpha value is -2.69. The Bertz CT molecular complexity index is 971. The summed E-state index contributed by atoms with van der Waals surface area (Å²) >= 11 is 1.66. The highest BCUT2D eigenvalue weighted by atomic mass is 32.1. The molecule has 0 saturated carbocycles. The number of hydrogen-bond donors (Lipinski definition) is 0. The molecule has 1 saturated heterocycles. The van der Waals surface area contributed by atoms with Crippen LogP contribution in [0.2, 0.25) is 0 Å². The molecule has 0 amide bonds. The second kappa shape index (κ2) is 8.33. The van der Waals surface area contributed by atoms with Gasteiger partial charge < -0.3 is 9.64 Å². The standard InChI is InChI=1S/C23H21NO2S/c25-21-16-22(27-23(17-21)24-12-14-26-15-13-24)20-10-8-19(9-11-20)7-6-18-4-2-1-3-5-18/h1-11,16-17H,12-15H2/b7-6+. The highest BCUT2D eigenvalue weighted by Crippen LogP contribution is 2.30. The molecular weight excluding hydrogens is 354 g/mol. The van der Waals surface area contributed by atoms with Crippen molar-refractivity contribution in [2.45, 2.75) is 0 Å². The van der Waals surface area contributed by atoms with Crippen LogP contribution in [0, 0.1) is 0 Å². The summed E-state index contributed by atoms with van der Waals surface area (Å²) in [6, 6.07) is 22.1. The van der Waals surface area contributed by atoms with Crippen LogP contribution in [0.3, 0.4) is 0 Å². The fourth-order valence-electron chi connectivity index (χ4n) is 3.06. The molecule has 4 heteroatoms. The van der Waals surface area contributed by atoms with Crippen molar-refractivity contribution in [1.29, 1.82) is 0 Å². The van der Waals surface area contributed by atoms with E-state index in [9.17, 15) is 4.79 Å². The summed E-state index contributed by atoms with van der Waals surface area (Å²) in [7, 11) is 0. The van der Waals surface area contributed by atoms with E-state index in [4.69, 9.17) is 4.74 Å². The van der Waals surface area contributed by atoms with Crippen molar-refractivity contribution in [3.8, 4) is 10.4 Å². The second-order valence-electron chi connectivity index (χ2n) is 6.46. The Kier molecular flexibility index (Phi) is 5.47. The molecule has 0 aliphatic carbocycles. The van der Waals surface area contributed by atoms with Crippen LogP contribution in [0.25, 0.3) is 22.6 Å². The number of morpholine rings is 1. The van der Waals surface area contributed by atoms with Crippen LogP contribution in [-0.2, 0) is 4.74 Å². The molecule has 3 nitrogen and oxygen atoms in total. The summed E-state index contributed by atoms with van der Waals surface area (Å²) in [4.78, 5) is 15.4. The third kappa shape index (κ3) is 4.54. The zero-order valence-corrected chi connectivity index (χ0v) is 15.8. The monoisotopic (exact) mass is 375 g/mol. The van der Waals surface area contributed by atoms with Crippen LogP contribution in [0.5, 0.6) is 0 Å². The quantitative estimate of drug-likeness (QED) is 0.615. The van der Waals surface area contributed by atoms with Gasteiger partial charge >= 0.3 is 0 Å². The maximum absolute atomic E-state index is 12.2. The Morgan fingerprint density at radius 3 is 2.22 bits per heavy atom. The van der Waals surface area contributed by atoms with Gasteiger partial charge in [0.2, 0.25) is 0 Å². The molecule has 27 heavy (non-hydrogen) atoms. The average Bonchev–Trinajstić information content (AvgIpc) is 2.73. The van der Waals surface area contributed by atoms with Crippen molar-refractivity contribution in [3.05, 3.63) is 88.1 Å². The van der Waals surface area contributed by atoms with Gasteiger partial charge in [-0.1, -0.05) is 66.7 Å². The first-order chi connectivity index (χ1) is 13.3. The van der Waals surface area contributed by atoms with Gasteiger partial charge in [-0.3, -0.25) is 4.79 Å². The van der Waals surface area contributed by atoms with Crippen molar-refractivity contribution >= 4 is 28.5 Å². The highest BCUT2D eigenvalue weighted by molar-refractivity contribution is 7.19. The first kappa shape index (κ1) is 17.7. The van der Waals surface area contributed by atoms with E-state index in [1.165, 1.54) is 5.56 Å². The van der Waals surface area contributed by atoms with Crippen molar-refractivity contribution in [3.63, 3.8) is 0 Å². The number of nitrogens with zero attached hydrogens (tertiary/aromatic N) is 1. The molecule has 0 radical (unpaired) electrons. The van der Waals surface area contributed by atoms with Gasteiger partial charge in [0, 0.05) is 30.1 Å². The smallest absolute Gasteiger partial charge is 0.182 e. The zero-order chi connectivity index (χ0) is 18.5. The minimum absolute atomic E-state index is 0.0540. The fraction of sp³-hybridized carbons (Fsp3) is 0.174. The van der Waals surface area contributed by atoms with E-state index in [-0.39, 0.29) is 5.43 Å². The van der Waals surface area contributed by atoms with Crippen molar-refractivity contribution in [2.24, 2.45) is 0 Å². The minimum atomic E-state index is 0.0540. The first-order valence-electron chi connectivity index (χ1n) is 9.09. The number of hydrogen-bond acceptors (Lipinski definition) is 4. The third-order valence-corrected chi connectivity index (χ3v) is 5.70. The second-order valence-corrected chi connectivity index (χ2v) is 7.52. The van der Waals surface area contributed by atoms with Crippen LogP contribution in [0.15, 0.2) is 71.5 Å². The highest BCUT2D eigenvalue weighted by Gasteiger charge is 2.13. The number of anilines is 1. The van der Waals surface area contributed by atoms with E-state index >= 15 is 0 Å². The lowest BCUT2D eigenvalue weighted by Gasteiger charge is -2.28. The van der Waals surface area contributed by atoms with Gasteiger partial charge in [0.1, 0.15) is 0 Å². The van der Waals surface area contributed by atoms with E-state index in [1.807, 2.05) is 18.2 Å². The SMILES string of the molecule is O=c1cc(-c2ccc(/C=C/c3ccccc3)cc2)sc(N2CCOCC2)c1. The maximum atomic E-state index is 12.2. The fourth-order valence-corrected chi connectivity index (χ4v) is 4.20. The van der Waals surface area contributed by atoms with Gasteiger partial charge in [0.25, 0.3) is 0 Å². The number of rotatable bonds is 4. The minimum Gasteiger partial charge on any atom is -0.378 e. The van der Waals surface area contributed by atoms with E-state index in [1.54, 1.807) is 23.5 Å². The van der Waals surface area contributed by atoms with E-state index in [2.05, 4.69) is 53.5 Å². The van der Waals surface area contributed by atoms with Gasteiger partial charge in [-0.15, -0.1) is 11.3 Å². The summed E-state index contributed by atoms with van der Waals surface area (Å²) in [6.45, 7) is 3.10. The molecule has 0 N–H and O–H groups in total. The molecule has 1 aliphatic heterocycles. The summed E-state index contributed by atoms with van der Waals surface area (Å²) in [5, 5.41) is 1.02. The summed E-state index contributed by atoms with van der Waals surface area (Å²) in [5.41, 5.74) is 3.44. The van der Waals surface area contributed by atoms with Crippen molar-refractivity contribution in [2.75, 3.05) is 31.2 Å². The molecule has 0 spiro atoms. The Morgan fingerprint density at radius 1 is 0.852 bits per heavy atom. The van der Waals surface area contributed by atoms with Crippen LogP contribution < -0.4 is 10.3 Å². The Balaban J connectivity index is 1.56. The Labute approximate surface area is 163 Å². The van der Waals surface area contributed by atoms with E-state index in [0.717, 1.165) is 34.1 Å². The largest absolute Gasteiger partial charge is 0.378 e. The summed E-state index contributed by atoms with van der Waals surface area (Å²) < 4.78 is 5.41. The molecular formula is C23H21NO2S. The Morgan fingerprint density at radius 2 is 1.52 bits per heavy atom. The molecule has 136 valence electrons. The molecule has 1 fully saturated rings. The lowest BCUT2D eigenvalue weighted by molar-refractivity contribution is 0.123. The topological polar surface area (TPSA) is 29.5 Å². The van der Waals surface area contributed by atoms with Crippen LogP contribution in [-0.4, -0.2) is 26.3 Å². The lowest BCUT2D eigenvalue weighted by atomic mass is 10.1. The van der Waals surface area contributed by atoms with E-state index < -0.39 is 0 Å². The van der Waals surface area contributed by atoms with Gasteiger partial charge in [-0.05, 0) is 16.7 Å². The van der Waals surface area contributed by atoms with Crippen molar-refractivity contribution in [1.82, 2.24) is 0 Å². The van der Waals surface area contributed by atoms with Crippen molar-refractivity contribution < 1.29 is 4.74 Å². The van der Waals surface area contributed by atoms with Gasteiger partial charge in [-0.2, -0.15) is 0 Å². The average molecular weight is 375 g/mol. The van der Waals surface area contributed by atoms with Crippen LogP contribution >= 0.6 is 11.3 Å². The van der Waals surface area contributed by atoms with Crippen LogP contribution in [0.1, 0.15) is 11.1 Å². The van der Waals surface area contributed by atoms with Gasteiger partial charge in [-0.25, -0.2) is 0 Å². The van der Waals surface area contributed by atoms with E-state index in [0.29, 0.717) is 13.2 Å². The summed E-state index contributed by atoms with van der Waals surface area (Å²) in [6.07, 6.45) is 4.21. The maximum Gasteiger partial charge on any atom is 0.182 e. The van der Waals surface area contributed by atoms with Gasteiger partial charge in [0.15, 0.2) is 5.43 Å². The molecule has 3 aromatic rings. The number of ether oxygens (including phenoxy) is 1. The molecule has 0 atom stereocenters. The van der Waals surface area contributed by atoms with Crippen LogP contribution in [0.4, 0.5) is 5.00 Å². The molecule has 4 rings (SSSR count). The molecule has 1 aromatic heterocycles. The summed E-state index contributed by atoms with van der Waals surface area (Å²) in [5.74, 6) is 0. The molecule has 0 bridgehead atoms. The lowest BCUT2D eigenvalue weighted by Crippen LogP contribution is -2.36. The third-order valence-electron chi connectivity index (χ3n) is 4.54. The predicted octanol–water partition coefficient (Wildman–Crippen LogP) is 4.78.